The van der Waals surface area contributed by atoms with Crippen LogP contribution in [0.2, 0.25) is 0 Å². The summed E-state index contributed by atoms with van der Waals surface area (Å²) in [6, 6.07) is 0. The molecule has 102 valence electrons. The molecule has 1 heterocycles. The van der Waals surface area contributed by atoms with Crippen LogP contribution >= 0.6 is 0 Å². The van der Waals surface area contributed by atoms with Gasteiger partial charge < -0.3 is 15.4 Å². The Balaban J connectivity index is 2.22. The van der Waals surface area contributed by atoms with Crippen molar-refractivity contribution in [3.05, 3.63) is 12.0 Å². The molecule has 0 aliphatic heterocycles. The predicted octanol–water partition coefficient (Wildman–Crippen LogP) is 2.28. The molecule has 0 aromatic carbocycles. The van der Waals surface area contributed by atoms with E-state index in [-0.39, 0.29) is 5.82 Å². The van der Waals surface area contributed by atoms with E-state index < -0.39 is 5.82 Å². The molecule has 0 radical (unpaired) electrons. The van der Waals surface area contributed by atoms with Crippen molar-refractivity contribution < 1.29 is 9.13 Å². The van der Waals surface area contributed by atoms with Crippen molar-refractivity contribution in [3.63, 3.8) is 0 Å². The smallest absolute Gasteiger partial charge is 0.224 e. The van der Waals surface area contributed by atoms with Crippen molar-refractivity contribution in [1.82, 2.24) is 9.97 Å². The lowest BCUT2D eigenvalue weighted by atomic mass is 10.3. The number of rotatable bonds is 9. The van der Waals surface area contributed by atoms with Gasteiger partial charge in [-0.05, 0) is 12.8 Å². The van der Waals surface area contributed by atoms with E-state index in [1.807, 2.05) is 0 Å². The normalized spacial score (nSPS) is 10.4. The maximum atomic E-state index is 13.3. The fourth-order valence-corrected chi connectivity index (χ4v) is 1.34. The van der Waals surface area contributed by atoms with Gasteiger partial charge in [-0.1, -0.05) is 13.3 Å². The second-order valence-corrected chi connectivity index (χ2v) is 3.89. The summed E-state index contributed by atoms with van der Waals surface area (Å²) in [4.78, 5) is 7.76. The Morgan fingerprint density at radius 2 is 2.11 bits per heavy atom. The average Bonchev–Trinajstić information content (AvgIpc) is 2.39. The highest BCUT2D eigenvalue weighted by Gasteiger charge is 2.04. The number of hydrogen-bond acceptors (Lipinski definition) is 5. The Labute approximate surface area is 107 Å². The van der Waals surface area contributed by atoms with Crippen molar-refractivity contribution in [3.8, 4) is 0 Å². The maximum Gasteiger partial charge on any atom is 0.224 e. The minimum Gasteiger partial charge on any atom is -0.381 e. The first-order chi connectivity index (χ1) is 8.77. The van der Waals surface area contributed by atoms with E-state index >= 15 is 0 Å². The first-order valence-corrected chi connectivity index (χ1v) is 6.29. The van der Waals surface area contributed by atoms with Crippen molar-refractivity contribution in [2.24, 2.45) is 0 Å². The number of nitrogens with zero attached hydrogens (tertiary/aromatic N) is 2. The van der Waals surface area contributed by atoms with E-state index in [4.69, 9.17) is 4.74 Å². The summed E-state index contributed by atoms with van der Waals surface area (Å²) in [6.45, 7) is 4.23. The van der Waals surface area contributed by atoms with Gasteiger partial charge in [-0.3, -0.25) is 0 Å². The highest BCUT2D eigenvalue weighted by Crippen LogP contribution is 2.11. The second-order valence-electron chi connectivity index (χ2n) is 3.89. The molecular formula is C12H21FN4O. The maximum absolute atomic E-state index is 13.3. The number of aromatic nitrogens is 2. The zero-order valence-corrected chi connectivity index (χ0v) is 11.0. The molecule has 0 atom stereocenters. The minimum atomic E-state index is -0.444. The second kappa shape index (κ2) is 8.63. The van der Waals surface area contributed by atoms with E-state index in [9.17, 15) is 4.39 Å². The van der Waals surface area contributed by atoms with E-state index in [2.05, 4.69) is 27.5 Å². The molecule has 0 amide bonds. The van der Waals surface area contributed by atoms with Crippen LogP contribution in [-0.4, -0.2) is 36.8 Å². The van der Waals surface area contributed by atoms with E-state index in [0.29, 0.717) is 19.1 Å². The standard InChI is InChI=1S/C12H21FN4O/c1-3-4-7-18-8-5-6-15-11-10(13)9-16-12(14-2)17-11/h9H,3-8H2,1-2H3,(H2,14,15,16,17). The molecular weight excluding hydrogens is 235 g/mol. The number of hydrogen-bond donors (Lipinski definition) is 2. The van der Waals surface area contributed by atoms with Crippen LogP contribution in [0.5, 0.6) is 0 Å². The van der Waals surface area contributed by atoms with Gasteiger partial charge in [-0.25, -0.2) is 9.37 Å². The lowest BCUT2D eigenvalue weighted by Gasteiger charge is -2.08. The van der Waals surface area contributed by atoms with Gasteiger partial charge in [0.25, 0.3) is 0 Å². The van der Waals surface area contributed by atoms with E-state index in [1.165, 1.54) is 0 Å². The molecule has 18 heavy (non-hydrogen) atoms. The summed E-state index contributed by atoms with van der Waals surface area (Å²) in [6.07, 6.45) is 4.19. The van der Waals surface area contributed by atoms with Crippen LogP contribution in [0.1, 0.15) is 26.2 Å². The summed E-state index contributed by atoms with van der Waals surface area (Å²) < 4.78 is 18.7. The Bertz CT molecular complexity index is 349. The molecule has 0 spiro atoms. The lowest BCUT2D eigenvalue weighted by molar-refractivity contribution is 0.131. The third kappa shape index (κ3) is 5.27. The van der Waals surface area contributed by atoms with Gasteiger partial charge in [-0.15, -0.1) is 0 Å². The van der Waals surface area contributed by atoms with E-state index in [0.717, 1.165) is 32.1 Å². The summed E-state index contributed by atoms with van der Waals surface area (Å²) in [7, 11) is 1.69. The molecule has 0 fully saturated rings. The minimum absolute atomic E-state index is 0.225. The zero-order chi connectivity index (χ0) is 13.2. The molecule has 0 unspecified atom stereocenters. The molecule has 5 nitrogen and oxygen atoms in total. The molecule has 1 aromatic heterocycles. The Hall–Kier alpha value is -1.43. The Morgan fingerprint density at radius 1 is 1.33 bits per heavy atom. The molecule has 0 saturated carbocycles. The highest BCUT2D eigenvalue weighted by atomic mass is 19.1. The van der Waals surface area contributed by atoms with Crippen LogP contribution in [0.3, 0.4) is 0 Å². The van der Waals surface area contributed by atoms with Crippen LogP contribution in [0, 0.1) is 5.82 Å². The van der Waals surface area contributed by atoms with Crippen LogP contribution < -0.4 is 10.6 Å². The van der Waals surface area contributed by atoms with Gasteiger partial charge in [0.2, 0.25) is 5.95 Å². The van der Waals surface area contributed by atoms with Crippen molar-refractivity contribution in [1.29, 1.82) is 0 Å². The lowest BCUT2D eigenvalue weighted by Crippen LogP contribution is -2.10. The largest absolute Gasteiger partial charge is 0.381 e. The fourth-order valence-electron chi connectivity index (χ4n) is 1.34. The predicted molar refractivity (Wildman–Crippen MR) is 70.4 cm³/mol. The number of unbranched alkanes of at least 4 members (excludes halogenated alkanes) is 1. The third-order valence-electron chi connectivity index (χ3n) is 2.37. The number of anilines is 2. The van der Waals surface area contributed by atoms with Crippen molar-refractivity contribution in [2.75, 3.05) is 37.4 Å². The van der Waals surface area contributed by atoms with Crippen LogP contribution in [-0.2, 0) is 4.74 Å². The van der Waals surface area contributed by atoms with Crippen LogP contribution in [0.4, 0.5) is 16.2 Å². The average molecular weight is 256 g/mol. The summed E-state index contributed by atoms with van der Waals surface area (Å²) >= 11 is 0. The monoisotopic (exact) mass is 256 g/mol. The fraction of sp³-hybridized carbons (Fsp3) is 0.667. The number of nitrogens with one attached hydrogen (secondary N) is 2. The number of ether oxygens (including phenoxy) is 1. The van der Waals surface area contributed by atoms with Crippen molar-refractivity contribution in [2.45, 2.75) is 26.2 Å². The van der Waals surface area contributed by atoms with Gasteiger partial charge in [0.1, 0.15) is 0 Å². The molecule has 2 N–H and O–H groups in total. The molecule has 0 saturated heterocycles. The Kier molecular flexibility index (Phi) is 7.01. The molecule has 6 heteroatoms. The number of halogens is 1. The molecule has 0 aliphatic carbocycles. The highest BCUT2D eigenvalue weighted by molar-refractivity contribution is 5.40. The van der Waals surface area contributed by atoms with Gasteiger partial charge >= 0.3 is 0 Å². The zero-order valence-electron chi connectivity index (χ0n) is 11.0. The van der Waals surface area contributed by atoms with Gasteiger partial charge in [0.05, 0.1) is 6.20 Å². The third-order valence-corrected chi connectivity index (χ3v) is 2.37. The topological polar surface area (TPSA) is 59.1 Å². The summed E-state index contributed by atoms with van der Waals surface area (Å²) in [5.74, 6) is 0.182. The van der Waals surface area contributed by atoms with Gasteiger partial charge in [-0.2, -0.15) is 4.98 Å². The quantitative estimate of drug-likeness (QED) is 0.664. The van der Waals surface area contributed by atoms with Crippen LogP contribution in [0.15, 0.2) is 6.20 Å². The van der Waals surface area contributed by atoms with Crippen molar-refractivity contribution >= 4 is 11.8 Å². The van der Waals surface area contributed by atoms with E-state index in [1.54, 1.807) is 7.05 Å². The SMILES string of the molecule is CCCCOCCCNc1nc(NC)ncc1F. The van der Waals surface area contributed by atoms with Gasteiger partial charge in [0, 0.05) is 26.8 Å². The van der Waals surface area contributed by atoms with Crippen LogP contribution in [0.25, 0.3) is 0 Å². The molecule has 1 aromatic rings. The van der Waals surface area contributed by atoms with Gasteiger partial charge in [0.15, 0.2) is 11.6 Å². The molecule has 1 rings (SSSR count). The molecule has 0 aliphatic rings. The first-order valence-electron chi connectivity index (χ1n) is 6.29. The first kappa shape index (κ1) is 14.6. The summed E-state index contributed by atoms with van der Waals surface area (Å²) in [5.41, 5.74) is 0. The molecule has 0 bridgehead atoms. The summed E-state index contributed by atoms with van der Waals surface area (Å²) in [5, 5.41) is 5.70. The Morgan fingerprint density at radius 3 is 2.83 bits per heavy atom.